The summed E-state index contributed by atoms with van der Waals surface area (Å²) < 4.78 is 10.3. The number of Topliss-reactive ketones (excluding diaryl/α,β-unsaturated/α-hetero) is 1. The SMILES string of the molecule is COc1ccc(CCC(=O)N2CCCC2C(=O)c2ccc(OC)cc2)cc1. The number of ether oxygens (including phenoxy) is 2. The second-order valence-electron chi connectivity index (χ2n) is 6.69. The molecular weight excluding hydrogens is 342 g/mol. The molecule has 5 nitrogen and oxygen atoms in total. The zero-order valence-electron chi connectivity index (χ0n) is 15.8. The van der Waals surface area contributed by atoms with Gasteiger partial charge in [0.05, 0.1) is 20.3 Å². The van der Waals surface area contributed by atoms with Crippen molar-refractivity contribution in [3.05, 3.63) is 59.7 Å². The molecule has 1 fully saturated rings. The Balaban J connectivity index is 1.61. The molecule has 1 aliphatic heterocycles. The number of likely N-dealkylation sites (tertiary alicyclic amines) is 1. The van der Waals surface area contributed by atoms with Gasteiger partial charge < -0.3 is 14.4 Å². The van der Waals surface area contributed by atoms with Crippen molar-refractivity contribution in [1.29, 1.82) is 0 Å². The van der Waals surface area contributed by atoms with E-state index in [-0.39, 0.29) is 17.7 Å². The van der Waals surface area contributed by atoms with E-state index in [0.29, 0.717) is 30.7 Å². The molecule has 1 unspecified atom stereocenters. The third-order valence-electron chi connectivity index (χ3n) is 5.04. The van der Waals surface area contributed by atoms with Crippen LogP contribution in [0.4, 0.5) is 0 Å². The van der Waals surface area contributed by atoms with E-state index in [0.717, 1.165) is 24.2 Å². The van der Waals surface area contributed by atoms with Gasteiger partial charge in [0.1, 0.15) is 11.5 Å². The number of ketones is 1. The fourth-order valence-electron chi connectivity index (χ4n) is 3.47. The number of hydrogen-bond donors (Lipinski definition) is 0. The third-order valence-corrected chi connectivity index (χ3v) is 5.04. The van der Waals surface area contributed by atoms with Gasteiger partial charge in [-0.2, -0.15) is 0 Å². The van der Waals surface area contributed by atoms with Crippen LogP contribution in [0.5, 0.6) is 11.5 Å². The van der Waals surface area contributed by atoms with Crippen LogP contribution in [0.3, 0.4) is 0 Å². The van der Waals surface area contributed by atoms with Crippen LogP contribution in [0, 0.1) is 0 Å². The van der Waals surface area contributed by atoms with Crippen LogP contribution in [-0.4, -0.2) is 43.4 Å². The highest BCUT2D eigenvalue weighted by molar-refractivity contribution is 6.02. The lowest BCUT2D eigenvalue weighted by molar-refractivity contribution is -0.131. The van der Waals surface area contributed by atoms with Crippen LogP contribution in [0.25, 0.3) is 0 Å². The monoisotopic (exact) mass is 367 g/mol. The number of methoxy groups -OCH3 is 2. The third kappa shape index (κ3) is 4.48. The van der Waals surface area contributed by atoms with Crippen molar-refractivity contribution < 1.29 is 19.1 Å². The number of carbonyl (C=O) groups excluding carboxylic acids is 2. The van der Waals surface area contributed by atoms with Crippen LogP contribution in [0.2, 0.25) is 0 Å². The minimum atomic E-state index is -0.359. The Kier molecular flexibility index (Phi) is 6.12. The zero-order chi connectivity index (χ0) is 19.2. The van der Waals surface area contributed by atoms with E-state index in [1.807, 2.05) is 24.3 Å². The molecule has 2 aromatic rings. The quantitative estimate of drug-likeness (QED) is 0.703. The molecule has 27 heavy (non-hydrogen) atoms. The minimum Gasteiger partial charge on any atom is -0.497 e. The van der Waals surface area contributed by atoms with Crippen LogP contribution in [0.1, 0.15) is 35.2 Å². The maximum Gasteiger partial charge on any atom is 0.223 e. The maximum absolute atomic E-state index is 12.9. The van der Waals surface area contributed by atoms with Crippen molar-refractivity contribution in [3.8, 4) is 11.5 Å². The van der Waals surface area contributed by atoms with Gasteiger partial charge in [0.25, 0.3) is 0 Å². The largest absolute Gasteiger partial charge is 0.497 e. The van der Waals surface area contributed by atoms with Gasteiger partial charge in [-0.1, -0.05) is 12.1 Å². The molecule has 0 N–H and O–H groups in total. The Bertz CT molecular complexity index is 783. The smallest absolute Gasteiger partial charge is 0.223 e. The molecule has 0 spiro atoms. The first kappa shape index (κ1) is 19.0. The summed E-state index contributed by atoms with van der Waals surface area (Å²) in [7, 11) is 3.23. The number of rotatable bonds is 7. The van der Waals surface area contributed by atoms with Crippen molar-refractivity contribution >= 4 is 11.7 Å². The van der Waals surface area contributed by atoms with Crippen LogP contribution in [0.15, 0.2) is 48.5 Å². The average Bonchev–Trinajstić information content (AvgIpc) is 3.22. The number of aryl methyl sites for hydroxylation is 1. The van der Waals surface area contributed by atoms with Crippen LogP contribution in [-0.2, 0) is 11.2 Å². The molecule has 0 radical (unpaired) electrons. The lowest BCUT2D eigenvalue weighted by Crippen LogP contribution is -2.40. The first-order chi connectivity index (χ1) is 13.1. The molecule has 0 aromatic heterocycles. The molecule has 1 saturated heterocycles. The predicted molar refractivity (Wildman–Crippen MR) is 103 cm³/mol. The van der Waals surface area contributed by atoms with Gasteiger partial charge in [0, 0.05) is 18.5 Å². The summed E-state index contributed by atoms with van der Waals surface area (Å²) in [4.78, 5) is 27.3. The molecule has 0 bridgehead atoms. The summed E-state index contributed by atoms with van der Waals surface area (Å²) in [5.41, 5.74) is 1.71. The molecule has 1 aliphatic rings. The minimum absolute atomic E-state index is 0.00736. The van der Waals surface area contributed by atoms with Crippen molar-refractivity contribution in [2.75, 3.05) is 20.8 Å². The Morgan fingerprint density at radius 2 is 1.56 bits per heavy atom. The Morgan fingerprint density at radius 3 is 2.15 bits per heavy atom. The predicted octanol–water partition coefficient (Wildman–Crippen LogP) is 3.51. The van der Waals surface area contributed by atoms with Gasteiger partial charge in [-0.3, -0.25) is 9.59 Å². The highest BCUT2D eigenvalue weighted by Gasteiger charge is 2.34. The van der Waals surface area contributed by atoms with Gasteiger partial charge >= 0.3 is 0 Å². The fraction of sp³-hybridized carbons (Fsp3) is 0.364. The highest BCUT2D eigenvalue weighted by atomic mass is 16.5. The summed E-state index contributed by atoms with van der Waals surface area (Å²) in [5.74, 6) is 1.56. The van der Waals surface area contributed by atoms with Gasteiger partial charge in [-0.15, -0.1) is 0 Å². The van der Waals surface area contributed by atoms with E-state index in [1.54, 1.807) is 43.4 Å². The Hall–Kier alpha value is -2.82. The molecule has 1 amide bonds. The van der Waals surface area contributed by atoms with Gasteiger partial charge in [0.2, 0.25) is 5.91 Å². The molecular formula is C22H25NO4. The number of nitrogens with zero attached hydrogens (tertiary/aromatic N) is 1. The molecule has 5 heteroatoms. The summed E-state index contributed by atoms with van der Waals surface area (Å²) >= 11 is 0. The van der Waals surface area contributed by atoms with E-state index >= 15 is 0 Å². The lowest BCUT2D eigenvalue weighted by atomic mass is 10.0. The maximum atomic E-state index is 12.9. The van der Waals surface area contributed by atoms with Gasteiger partial charge in [-0.05, 0) is 61.2 Å². The molecule has 1 heterocycles. The average molecular weight is 367 g/mol. The second-order valence-corrected chi connectivity index (χ2v) is 6.69. The van der Waals surface area contributed by atoms with Crippen molar-refractivity contribution in [3.63, 3.8) is 0 Å². The van der Waals surface area contributed by atoms with Gasteiger partial charge in [0.15, 0.2) is 5.78 Å². The number of benzene rings is 2. The number of amides is 1. The molecule has 3 rings (SSSR count). The fourth-order valence-corrected chi connectivity index (χ4v) is 3.47. The zero-order valence-corrected chi connectivity index (χ0v) is 15.8. The molecule has 0 aliphatic carbocycles. The topological polar surface area (TPSA) is 55.8 Å². The van der Waals surface area contributed by atoms with E-state index in [4.69, 9.17) is 9.47 Å². The molecule has 0 saturated carbocycles. The van der Waals surface area contributed by atoms with E-state index in [2.05, 4.69) is 0 Å². The van der Waals surface area contributed by atoms with Crippen molar-refractivity contribution in [2.45, 2.75) is 31.7 Å². The summed E-state index contributed by atoms with van der Waals surface area (Å²) in [6.45, 7) is 0.647. The Morgan fingerprint density at radius 1 is 0.963 bits per heavy atom. The van der Waals surface area contributed by atoms with Crippen molar-refractivity contribution in [1.82, 2.24) is 4.90 Å². The summed E-state index contributed by atoms with van der Waals surface area (Å²) in [6, 6.07) is 14.4. The molecule has 142 valence electrons. The summed E-state index contributed by atoms with van der Waals surface area (Å²) in [6.07, 6.45) is 2.64. The number of hydrogen-bond acceptors (Lipinski definition) is 4. The van der Waals surface area contributed by atoms with E-state index < -0.39 is 0 Å². The van der Waals surface area contributed by atoms with Crippen LogP contribution < -0.4 is 9.47 Å². The first-order valence-electron chi connectivity index (χ1n) is 9.23. The molecule has 1 atom stereocenters. The Labute approximate surface area is 159 Å². The lowest BCUT2D eigenvalue weighted by Gasteiger charge is -2.24. The van der Waals surface area contributed by atoms with Gasteiger partial charge in [-0.25, -0.2) is 0 Å². The normalized spacial score (nSPS) is 16.2. The number of carbonyl (C=O) groups is 2. The second kappa shape index (κ2) is 8.71. The highest BCUT2D eigenvalue weighted by Crippen LogP contribution is 2.24. The molecule has 2 aromatic carbocycles. The first-order valence-corrected chi connectivity index (χ1v) is 9.23. The van der Waals surface area contributed by atoms with E-state index in [1.165, 1.54) is 0 Å². The summed E-state index contributed by atoms with van der Waals surface area (Å²) in [5, 5.41) is 0. The van der Waals surface area contributed by atoms with Crippen LogP contribution >= 0.6 is 0 Å². The standard InChI is InChI=1S/C22H25NO4/c1-26-18-10-5-16(6-11-18)7-14-21(24)23-15-3-4-20(23)22(25)17-8-12-19(27-2)13-9-17/h5-6,8-13,20H,3-4,7,14-15H2,1-2H3. The van der Waals surface area contributed by atoms with E-state index in [9.17, 15) is 9.59 Å². The van der Waals surface area contributed by atoms with Crippen molar-refractivity contribution in [2.24, 2.45) is 0 Å².